The Balaban J connectivity index is 1.91. The van der Waals surface area contributed by atoms with Crippen LogP contribution in [0.4, 0.5) is 0 Å². The van der Waals surface area contributed by atoms with Gasteiger partial charge < -0.3 is 19.9 Å². The Hall–Kier alpha value is -1.26. The minimum absolute atomic E-state index is 0.125. The molecule has 0 radical (unpaired) electrons. The van der Waals surface area contributed by atoms with Gasteiger partial charge in [0, 0.05) is 13.1 Å². The first kappa shape index (κ1) is 16.1. The summed E-state index contributed by atoms with van der Waals surface area (Å²) in [4.78, 5) is 0. The van der Waals surface area contributed by atoms with Gasteiger partial charge in [0.1, 0.15) is 0 Å². The van der Waals surface area contributed by atoms with E-state index < -0.39 is 5.60 Å². The van der Waals surface area contributed by atoms with Crippen molar-refractivity contribution in [2.45, 2.75) is 57.8 Å². The van der Waals surface area contributed by atoms with Crippen molar-refractivity contribution in [3.63, 3.8) is 0 Å². The van der Waals surface area contributed by atoms with Crippen LogP contribution in [0.25, 0.3) is 0 Å². The van der Waals surface area contributed by atoms with Crippen molar-refractivity contribution in [2.24, 2.45) is 0 Å². The molecule has 1 aromatic carbocycles. The molecule has 4 heteroatoms. The fourth-order valence-corrected chi connectivity index (χ4v) is 2.82. The van der Waals surface area contributed by atoms with Gasteiger partial charge in [0.2, 0.25) is 0 Å². The lowest BCUT2D eigenvalue weighted by Gasteiger charge is -2.22. The zero-order valence-corrected chi connectivity index (χ0v) is 13.3. The van der Waals surface area contributed by atoms with E-state index in [2.05, 4.69) is 5.32 Å². The first-order chi connectivity index (χ1) is 10.0. The summed E-state index contributed by atoms with van der Waals surface area (Å²) < 4.78 is 11.1. The molecule has 0 atom stereocenters. The molecule has 2 N–H and O–H groups in total. The molecule has 1 saturated carbocycles. The number of rotatable bonds is 7. The summed E-state index contributed by atoms with van der Waals surface area (Å²) in [7, 11) is 1.65. The van der Waals surface area contributed by atoms with Crippen molar-refractivity contribution < 1.29 is 14.6 Å². The fourth-order valence-electron chi connectivity index (χ4n) is 2.82. The van der Waals surface area contributed by atoms with E-state index in [-0.39, 0.29) is 6.10 Å². The van der Waals surface area contributed by atoms with E-state index in [0.29, 0.717) is 6.54 Å². The number of nitrogens with one attached hydrogen (secondary N) is 1. The van der Waals surface area contributed by atoms with Crippen LogP contribution in [0.5, 0.6) is 11.5 Å². The quantitative estimate of drug-likeness (QED) is 0.811. The molecule has 118 valence electrons. The molecule has 0 bridgehead atoms. The highest BCUT2D eigenvalue weighted by atomic mass is 16.5. The molecule has 21 heavy (non-hydrogen) atoms. The summed E-state index contributed by atoms with van der Waals surface area (Å²) in [6, 6.07) is 5.97. The van der Waals surface area contributed by atoms with Gasteiger partial charge >= 0.3 is 0 Å². The monoisotopic (exact) mass is 293 g/mol. The Labute approximate surface area is 127 Å². The number of hydrogen-bond acceptors (Lipinski definition) is 4. The molecule has 0 spiro atoms. The molecule has 0 aromatic heterocycles. The summed E-state index contributed by atoms with van der Waals surface area (Å²) in [5, 5.41) is 13.7. The van der Waals surface area contributed by atoms with Gasteiger partial charge in [-0.25, -0.2) is 0 Å². The first-order valence-corrected chi connectivity index (χ1v) is 7.79. The van der Waals surface area contributed by atoms with Crippen molar-refractivity contribution in [3.05, 3.63) is 23.8 Å². The average Bonchev–Trinajstić information content (AvgIpc) is 2.86. The second kappa shape index (κ2) is 7.14. The number of aliphatic hydroxyl groups is 1. The summed E-state index contributed by atoms with van der Waals surface area (Å²) >= 11 is 0. The Kier molecular flexibility index (Phi) is 5.48. The zero-order chi connectivity index (χ0) is 15.3. The molecule has 0 aliphatic heterocycles. The molecule has 1 aromatic rings. The van der Waals surface area contributed by atoms with Crippen LogP contribution in [0, 0.1) is 0 Å². The average molecular weight is 293 g/mol. The molecular formula is C17H27NO3. The van der Waals surface area contributed by atoms with Gasteiger partial charge in [0.15, 0.2) is 11.5 Å². The molecule has 1 aliphatic rings. The lowest BCUT2D eigenvalue weighted by atomic mass is 10.0. The van der Waals surface area contributed by atoms with Crippen LogP contribution in [0.3, 0.4) is 0 Å². The van der Waals surface area contributed by atoms with Gasteiger partial charge in [-0.2, -0.15) is 0 Å². The second-order valence-corrected chi connectivity index (χ2v) is 6.19. The van der Waals surface area contributed by atoms with Gasteiger partial charge in [0.05, 0.1) is 18.8 Å². The van der Waals surface area contributed by atoms with E-state index in [9.17, 15) is 5.11 Å². The largest absolute Gasteiger partial charge is 0.493 e. The molecule has 0 heterocycles. The van der Waals surface area contributed by atoms with Gasteiger partial charge in [-0.05, 0) is 44.4 Å². The van der Waals surface area contributed by atoms with Crippen LogP contribution in [0.15, 0.2) is 18.2 Å². The maximum Gasteiger partial charge on any atom is 0.161 e. The summed E-state index contributed by atoms with van der Waals surface area (Å²) in [6.45, 7) is 5.37. The minimum Gasteiger partial charge on any atom is -0.493 e. The molecular weight excluding hydrogens is 266 g/mol. The summed E-state index contributed by atoms with van der Waals surface area (Å²) in [6.07, 6.45) is 4.20. The zero-order valence-electron chi connectivity index (χ0n) is 13.3. The van der Waals surface area contributed by atoms with Crippen molar-refractivity contribution in [1.29, 1.82) is 0 Å². The van der Waals surface area contributed by atoms with E-state index in [4.69, 9.17) is 9.47 Å². The van der Waals surface area contributed by atoms with E-state index >= 15 is 0 Å². The third-order valence-electron chi connectivity index (χ3n) is 3.91. The smallest absolute Gasteiger partial charge is 0.161 e. The highest BCUT2D eigenvalue weighted by Gasteiger charge is 2.30. The van der Waals surface area contributed by atoms with Crippen LogP contribution in [0.2, 0.25) is 0 Å². The Bertz CT molecular complexity index is 453. The predicted octanol–water partition coefficient (Wildman–Crippen LogP) is 2.88. The van der Waals surface area contributed by atoms with Crippen molar-refractivity contribution >= 4 is 0 Å². The maximum absolute atomic E-state index is 10.3. The SMILES string of the molecule is COc1cc(CNCC2(O)CCCC2)ccc1OC(C)C. The van der Waals surface area contributed by atoms with Gasteiger partial charge in [-0.15, -0.1) is 0 Å². The van der Waals surface area contributed by atoms with Crippen molar-refractivity contribution in [2.75, 3.05) is 13.7 Å². The van der Waals surface area contributed by atoms with Crippen LogP contribution in [-0.4, -0.2) is 30.5 Å². The predicted molar refractivity (Wildman–Crippen MR) is 83.9 cm³/mol. The molecule has 0 unspecified atom stereocenters. The normalized spacial score (nSPS) is 17.2. The molecule has 0 saturated heterocycles. The second-order valence-electron chi connectivity index (χ2n) is 6.19. The molecule has 2 rings (SSSR count). The topological polar surface area (TPSA) is 50.7 Å². The highest BCUT2D eigenvalue weighted by Crippen LogP contribution is 2.30. The third kappa shape index (κ3) is 4.61. The van der Waals surface area contributed by atoms with Crippen LogP contribution < -0.4 is 14.8 Å². The first-order valence-electron chi connectivity index (χ1n) is 7.79. The molecule has 4 nitrogen and oxygen atoms in total. The lowest BCUT2D eigenvalue weighted by molar-refractivity contribution is 0.0475. The third-order valence-corrected chi connectivity index (χ3v) is 3.91. The Morgan fingerprint density at radius 2 is 1.95 bits per heavy atom. The van der Waals surface area contributed by atoms with Gasteiger partial charge in [0.25, 0.3) is 0 Å². The molecule has 1 aliphatic carbocycles. The van der Waals surface area contributed by atoms with Gasteiger partial charge in [-0.3, -0.25) is 0 Å². The lowest BCUT2D eigenvalue weighted by Crippen LogP contribution is -2.37. The van der Waals surface area contributed by atoms with E-state index in [1.807, 2.05) is 32.0 Å². The molecule has 1 fully saturated rings. The number of hydrogen-bond donors (Lipinski definition) is 2. The highest BCUT2D eigenvalue weighted by molar-refractivity contribution is 5.43. The van der Waals surface area contributed by atoms with Crippen molar-refractivity contribution in [3.8, 4) is 11.5 Å². The number of ether oxygens (including phenoxy) is 2. The van der Waals surface area contributed by atoms with E-state index in [0.717, 1.165) is 49.3 Å². The van der Waals surface area contributed by atoms with Crippen LogP contribution in [0.1, 0.15) is 45.1 Å². The molecule has 0 amide bonds. The summed E-state index contributed by atoms with van der Waals surface area (Å²) in [5.41, 5.74) is 0.620. The standard InChI is InChI=1S/C17H27NO3/c1-13(2)21-15-7-6-14(10-16(15)20-3)11-18-12-17(19)8-4-5-9-17/h6-7,10,13,18-19H,4-5,8-9,11-12H2,1-3H3. The van der Waals surface area contributed by atoms with Crippen molar-refractivity contribution in [1.82, 2.24) is 5.32 Å². The fraction of sp³-hybridized carbons (Fsp3) is 0.647. The maximum atomic E-state index is 10.3. The van der Waals surface area contributed by atoms with Crippen LogP contribution in [-0.2, 0) is 6.54 Å². The van der Waals surface area contributed by atoms with Crippen LogP contribution >= 0.6 is 0 Å². The van der Waals surface area contributed by atoms with E-state index in [1.54, 1.807) is 7.11 Å². The Morgan fingerprint density at radius 3 is 2.57 bits per heavy atom. The number of benzene rings is 1. The van der Waals surface area contributed by atoms with Gasteiger partial charge in [-0.1, -0.05) is 18.9 Å². The number of methoxy groups -OCH3 is 1. The van der Waals surface area contributed by atoms with E-state index in [1.165, 1.54) is 0 Å². The summed E-state index contributed by atoms with van der Waals surface area (Å²) in [5.74, 6) is 1.52. The Morgan fingerprint density at radius 1 is 1.24 bits per heavy atom. The minimum atomic E-state index is -0.509.